The maximum absolute atomic E-state index is 12.5. The Morgan fingerprint density at radius 2 is 1.81 bits per heavy atom. The van der Waals surface area contributed by atoms with E-state index in [-0.39, 0.29) is 6.10 Å². The summed E-state index contributed by atoms with van der Waals surface area (Å²) in [6.07, 6.45) is 3.60. The zero-order valence-electron chi connectivity index (χ0n) is 19.4. The van der Waals surface area contributed by atoms with Crippen molar-refractivity contribution in [3.05, 3.63) is 22.8 Å². The first-order chi connectivity index (χ1) is 14.5. The molecule has 0 saturated carbocycles. The number of carbonyl (C=O) groups is 3. The third kappa shape index (κ3) is 5.03. The highest BCUT2D eigenvalue weighted by Gasteiger charge is 2.53. The number of ether oxygens (including phenoxy) is 4. The molecule has 3 aliphatic rings. The van der Waals surface area contributed by atoms with Crippen LogP contribution in [0.25, 0.3) is 0 Å². The molecule has 3 rings (SSSR count). The van der Waals surface area contributed by atoms with Crippen molar-refractivity contribution in [2.75, 3.05) is 0 Å². The van der Waals surface area contributed by atoms with Gasteiger partial charge in [-0.25, -0.2) is 4.79 Å². The molecule has 0 aromatic carbocycles. The SMILES string of the molecule is CC(=O)OC1C2=C(C)C(=O)OC2CC(C)=CCCC(C)C2CCC(C)(O2)C1OC(C)=O. The second kappa shape index (κ2) is 9.15. The van der Waals surface area contributed by atoms with Gasteiger partial charge in [0.1, 0.15) is 11.7 Å². The van der Waals surface area contributed by atoms with Gasteiger partial charge in [0.15, 0.2) is 12.2 Å². The van der Waals surface area contributed by atoms with E-state index in [4.69, 9.17) is 18.9 Å². The molecule has 0 aliphatic carbocycles. The van der Waals surface area contributed by atoms with E-state index in [1.165, 1.54) is 13.8 Å². The number of allylic oxidation sites excluding steroid dienone is 1. The molecule has 2 bridgehead atoms. The Bertz CT molecular complexity index is 811. The van der Waals surface area contributed by atoms with E-state index in [1.54, 1.807) is 6.92 Å². The zero-order valence-corrected chi connectivity index (χ0v) is 19.4. The summed E-state index contributed by atoms with van der Waals surface area (Å²) in [7, 11) is 0. The second-order valence-corrected chi connectivity index (χ2v) is 9.35. The van der Waals surface area contributed by atoms with E-state index < -0.39 is 41.8 Å². The molecular formula is C24H34O7. The second-order valence-electron chi connectivity index (χ2n) is 9.35. The van der Waals surface area contributed by atoms with Gasteiger partial charge < -0.3 is 18.9 Å². The van der Waals surface area contributed by atoms with Crippen molar-refractivity contribution in [1.82, 2.24) is 0 Å². The summed E-state index contributed by atoms with van der Waals surface area (Å²) in [5.41, 5.74) is 1.19. The Kier molecular flexibility index (Phi) is 6.94. The lowest BCUT2D eigenvalue weighted by atomic mass is 9.83. The number of esters is 3. The van der Waals surface area contributed by atoms with E-state index in [0.29, 0.717) is 29.9 Å². The summed E-state index contributed by atoms with van der Waals surface area (Å²) in [5.74, 6) is -1.13. The van der Waals surface area contributed by atoms with Crippen LogP contribution in [-0.4, -0.2) is 47.9 Å². The van der Waals surface area contributed by atoms with Crippen LogP contribution < -0.4 is 0 Å². The molecule has 3 aliphatic heterocycles. The van der Waals surface area contributed by atoms with E-state index in [1.807, 2.05) is 13.8 Å². The van der Waals surface area contributed by atoms with Gasteiger partial charge in [0.2, 0.25) is 0 Å². The average Bonchev–Trinajstić information content (AvgIpc) is 3.18. The Labute approximate surface area is 184 Å². The van der Waals surface area contributed by atoms with Gasteiger partial charge in [-0.2, -0.15) is 0 Å². The van der Waals surface area contributed by atoms with Crippen molar-refractivity contribution < 1.29 is 33.3 Å². The largest absolute Gasteiger partial charge is 0.455 e. The molecule has 0 amide bonds. The molecular weight excluding hydrogens is 400 g/mol. The molecule has 0 aromatic heterocycles. The molecule has 0 aromatic rings. The lowest BCUT2D eigenvalue weighted by molar-refractivity contribution is -0.192. The fraction of sp³-hybridized carbons (Fsp3) is 0.708. The fourth-order valence-corrected chi connectivity index (χ4v) is 5.00. The highest BCUT2D eigenvalue weighted by molar-refractivity contribution is 5.92. The summed E-state index contributed by atoms with van der Waals surface area (Å²) in [4.78, 5) is 36.7. The van der Waals surface area contributed by atoms with E-state index in [2.05, 4.69) is 13.0 Å². The van der Waals surface area contributed by atoms with Crippen LogP contribution in [0, 0.1) is 5.92 Å². The van der Waals surface area contributed by atoms with Crippen molar-refractivity contribution >= 4 is 17.9 Å². The predicted molar refractivity (Wildman–Crippen MR) is 113 cm³/mol. The minimum Gasteiger partial charge on any atom is -0.455 e. The fourth-order valence-electron chi connectivity index (χ4n) is 5.00. The minimum atomic E-state index is -0.967. The van der Waals surface area contributed by atoms with E-state index >= 15 is 0 Å². The van der Waals surface area contributed by atoms with Crippen LogP contribution in [0.2, 0.25) is 0 Å². The molecule has 172 valence electrons. The molecule has 3 heterocycles. The first-order valence-corrected chi connectivity index (χ1v) is 11.1. The summed E-state index contributed by atoms with van der Waals surface area (Å²) in [5, 5.41) is 0. The monoisotopic (exact) mass is 434 g/mol. The first-order valence-electron chi connectivity index (χ1n) is 11.1. The van der Waals surface area contributed by atoms with Gasteiger partial charge >= 0.3 is 17.9 Å². The molecule has 6 atom stereocenters. The Morgan fingerprint density at radius 1 is 1.13 bits per heavy atom. The molecule has 0 radical (unpaired) electrons. The summed E-state index contributed by atoms with van der Waals surface area (Å²) in [6.45, 7) is 10.4. The quantitative estimate of drug-likeness (QED) is 0.371. The highest BCUT2D eigenvalue weighted by Crippen LogP contribution is 2.43. The van der Waals surface area contributed by atoms with Crippen LogP contribution >= 0.6 is 0 Å². The van der Waals surface area contributed by atoms with Crippen molar-refractivity contribution in [3.63, 3.8) is 0 Å². The maximum atomic E-state index is 12.5. The minimum absolute atomic E-state index is 0.0165. The lowest BCUT2D eigenvalue weighted by Gasteiger charge is -2.39. The number of hydrogen-bond donors (Lipinski definition) is 0. The van der Waals surface area contributed by atoms with Gasteiger partial charge in [0.05, 0.1) is 6.10 Å². The molecule has 7 nitrogen and oxygen atoms in total. The topological polar surface area (TPSA) is 88.1 Å². The van der Waals surface area contributed by atoms with Gasteiger partial charge in [0, 0.05) is 31.4 Å². The molecule has 0 N–H and O–H groups in total. The van der Waals surface area contributed by atoms with Crippen LogP contribution in [0.1, 0.15) is 73.6 Å². The van der Waals surface area contributed by atoms with Crippen molar-refractivity contribution in [2.24, 2.45) is 5.92 Å². The zero-order chi connectivity index (χ0) is 22.9. The molecule has 6 unspecified atom stereocenters. The molecule has 1 saturated heterocycles. The van der Waals surface area contributed by atoms with Gasteiger partial charge in [-0.05, 0) is 52.4 Å². The maximum Gasteiger partial charge on any atom is 0.334 e. The van der Waals surface area contributed by atoms with Crippen LogP contribution in [0.5, 0.6) is 0 Å². The summed E-state index contributed by atoms with van der Waals surface area (Å²) >= 11 is 0. The number of rotatable bonds is 2. The number of fused-ring (bicyclic) bond motifs is 3. The normalized spacial score (nSPS) is 36.4. The van der Waals surface area contributed by atoms with Crippen molar-refractivity contribution in [2.45, 2.75) is 104 Å². The molecule has 0 spiro atoms. The van der Waals surface area contributed by atoms with Crippen molar-refractivity contribution in [3.8, 4) is 0 Å². The molecule has 31 heavy (non-hydrogen) atoms. The smallest absolute Gasteiger partial charge is 0.334 e. The average molecular weight is 435 g/mol. The Balaban J connectivity index is 2.14. The first kappa shape index (κ1) is 23.5. The van der Waals surface area contributed by atoms with Gasteiger partial charge in [-0.15, -0.1) is 0 Å². The Hall–Kier alpha value is -2.15. The van der Waals surface area contributed by atoms with Crippen molar-refractivity contribution in [1.29, 1.82) is 0 Å². The van der Waals surface area contributed by atoms with E-state index in [9.17, 15) is 14.4 Å². The Morgan fingerprint density at radius 3 is 2.45 bits per heavy atom. The van der Waals surface area contributed by atoms with Crippen LogP contribution in [-0.2, 0) is 33.3 Å². The third-order valence-corrected chi connectivity index (χ3v) is 6.71. The van der Waals surface area contributed by atoms with Crippen LogP contribution in [0.3, 0.4) is 0 Å². The number of carbonyl (C=O) groups excluding carboxylic acids is 3. The number of hydrogen-bond acceptors (Lipinski definition) is 7. The highest BCUT2D eigenvalue weighted by atomic mass is 16.6. The summed E-state index contributed by atoms with van der Waals surface area (Å²) in [6, 6.07) is 0. The predicted octanol–water partition coefficient (Wildman–Crippen LogP) is 3.80. The van der Waals surface area contributed by atoms with Crippen LogP contribution in [0.15, 0.2) is 22.8 Å². The lowest BCUT2D eigenvalue weighted by Crippen LogP contribution is -2.52. The van der Waals surface area contributed by atoms with E-state index in [0.717, 1.165) is 24.8 Å². The standard InChI is InChI=1S/C24H34O7/c1-13-8-7-9-14(2)18-10-11-24(6,31-18)22(29-17(5)26)21(28-16(4)25)20-15(3)23(27)30-19(20)12-13/h8,14,18-19,21-22H,7,9-12H2,1-6H3. The molecule has 7 heteroatoms. The third-order valence-electron chi connectivity index (χ3n) is 6.71. The molecule has 1 fully saturated rings. The van der Waals surface area contributed by atoms with Gasteiger partial charge in [0.25, 0.3) is 0 Å². The van der Waals surface area contributed by atoms with Gasteiger partial charge in [-0.1, -0.05) is 18.6 Å². The summed E-state index contributed by atoms with van der Waals surface area (Å²) < 4.78 is 23.7. The van der Waals surface area contributed by atoms with Gasteiger partial charge in [-0.3, -0.25) is 9.59 Å². The van der Waals surface area contributed by atoms with Crippen LogP contribution in [0.4, 0.5) is 0 Å².